The minimum atomic E-state index is -4.02. The van der Waals surface area contributed by atoms with E-state index in [1.165, 1.54) is 0 Å². The van der Waals surface area contributed by atoms with E-state index in [-0.39, 0.29) is 5.75 Å². The first-order chi connectivity index (χ1) is 8.01. The molecule has 0 saturated heterocycles. The lowest BCUT2D eigenvalue weighted by atomic mass is 10.2. The molecule has 0 N–H and O–H groups in total. The molecule has 0 radical (unpaired) electrons. The van der Waals surface area contributed by atoms with Gasteiger partial charge in [-0.2, -0.15) is 0 Å². The highest BCUT2D eigenvalue weighted by atomic mass is 32.2. The lowest BCUT2D eigenvalue weighted by Crippen LogP contribution is -2.30. The fourth-order valence-corrected chi connectivity index (χ4v) is 2.24. The van der Waals surface area contributed by atoms with Gasteiger partial charge in [0, 0.05) is 5.75 Å². The van der Waals surface area contributed by atoms with Crippen LogP contribution in [0.3, 0.4) is 0 Å². The predicted molar refractivity (Wildman–Crippen MR) is 63.3 cm³/mol. The van der Waals surface area contributed by atoms with E-state index in [2.05, 4.69) is 22.4 Å². The standard InChI is InChI=1S/C11H20N2O3S/c1-2-12-8-9-13(11-12)7-5-3-4-6-10-17(14,15)16/h8-9,11H,2-7,10H2,1H3. The summed E-state index contributed by atoms with van der Waals surface area (Å²) in [4.78, 5) is 0. The molecule has 1 aromatic heterocycles. The summed E-state index contributed by atoms with van der Waals surface area (Å²) < 4.78 is 35.3. The first-order valence-corrected chi connectivity index (χ1v) is 7.57. The van der Waals surface area contributed by atoms with Gasteiger partial charge in [-0.25, -0.2) is 17.6 Å². The van der Waals surface area contributed by atoms with Crippen molar-refractivity contribution in [2.75, 3.05) is 5.75 Å². The summed E-state index contributed by atoms with van der Waals surface area (Å²) in [5.74, 6) is -0.230. The second-order valence-electron chi connectivity index (χ2n) is 4.16. The maximum atomic E-state index is 10.4. The number of unbranched alkanes of at least 4 members (excludes halogenated alkanes) is 3. The third-order valence-electron chi connectivity index (χ3n) is 2.67. The summed E-state index contributed by atoms with van der Waals surface area (Å²) in [6, 6.07) is 0. The average Bonchev–Trinajstić information content (AvgIpc) is 2.69. The molecule has 1 aromatic rings. The van der Waals surface area contributed by atoms with E-state index in [1.807, 2.05) is 12.4 Å². The van der Waals surface area contributed by atoms with Crippen LogP contribution < -0.4 is 4.57 Å². The maximum Gasteiger partial charge on any atom is 0.243 e. The van der Waals surface area contributed by atoms with Gasteiger partial charge in [0.1, 0.15) is 12.4 Å². The van der Waals surface area contributed by atoms with Gasteiger partial charge >= 0.3 is 0 Å². The molecule has 0 aliphatic heterocycles. The second kappa shape index (κ2) is 6.76. The van der Waals surface area contributed by atoms with Crippen LogP contribution >= 0.6 is 0 Å². The highest BCUT2D eigenvalue weighted by Crippen LogP contribution is 2.01. The first-order valence-electron chi connectivity index (χ1n) is 5.99. The number of hydrogen-bond acceptors (Lipinski definition) is 3. The summed E-state index contributed by atoms with van der Waals surface area (Å²) >= 11 is 0. The summed E-state index contributed by atoms with van der Waals surface area (Å²) in [5, 5.41) is 0. The summed E-state index contributed by atoms with van der Waals surface area (Å²) in [6.45, 7) is 4.00. The number of rotatable bonds is 8. The fraction of sp³-hybridized carbons (Fsp3) is 0.727. The van der Waals surface area contributed by atoms with Crippen molar-refractivity contribution in [3.05, 3.63) is 18.7 Å². The van der Waals surface area contributed by atoms with E-state index in [4.69, 9.17) is 0 Å². The van der Waals surface area contributed by atoms with Crippen molar-refractivity contribution in [3.63, 3.8) is 0 Å². The van der Waals surface area contributed by atoms with Gasteiger partial charge in [-0.3, -0.25) is 0 Å². The quantitative estimate of drug-likeness (QED) is 0.396. The Morgan fingerprint density at radius 3 is 2.53 bits per heavy atom. The number of imidazole rings is 1. The zero-order chi connectivity index (χ0) is 12.7. The van der Waals surface area contributed by atoms with Crippen LogP contribution in [0, 0.1) is 0 Å². The molecule has 1 heterocycles. The zero-order valence-electron chi connectivity index (χ0n) is 10.2. The highest BCUT2D eigenvalue weighted by molar-refractivity contribution is 7.85. The molecule has 17 heavy (non-hydrogen) atoms. The monoisotopic (exact) mass is 260 g/mol. The number of aryl methyl sites for hydroxylation is 2. The molecule has 0 bridgehead atoms. The number of aromatic nitrogens is 2. The van der Waals surface area contributed by atoms with Gasteiger partial charge in [0.05, 0.1) is 23.2 Å². The van der Waals surface area contributed by atoms with Crippen LogP contribution in [-0.2, 0) is 23.2 Å². The minimum Gasteiger partial charge on any atom is -0.748 e. The topological polar surface area (TPSA) is 66.0 Å². The Labute approximate surface area is 103 Å². The lowest BCUT2D eigenvalue weighted by Gasteiger charge is -2.05. The van der Waals surface area contributed by atoms with Crippen molar-refractivity contribution >= 4 is 10.1 Å². The second-order valence-corrected chi connectivity index (χ2v) is 5.68. The smallest absolute Gasteiger partial charge is 0.243 e. The largest absolute Gasteiger partial charge is 0.748 e. The van der Waals surface area contributed by atoms with E-state index >= 15 is 0 Å². The Kier molecular flexibility index (Phi) is 5.64. The SMILES string of the molecule is CCn1cc[n+](CCCCCCS(=O)(=O)[O-])c1. The molecule has 0 amide bonds. The van der Waals surface area contributed by atoms with Crippen LogP contribution in [0.25, 0.3) is 0 Å². The molecule has 6 heteroatoms. The Bertz CT molecular complexity index is 426. The van der Waals surface area contributed by atoms with Crippen molar-refractivity contribution in [2.24, 2.45) is 0 Å². The van der Waals surface area contributed by atoms with Crippen molar-refractivity contribution in [1.29, 1.82) is 0 Å². The van der Waals surface area contributed by atoms with Gasteiger partial charge in [0.15, 0.2) is 0 Å². The van der Waals surface area contributed by atoms with E-state index in [1.54, 1.807) is 0 Å². The van der Waals surface area contributed by atoms with Gasteiger partial charge < -0.3 is 4.55 Å². The Balaban J connectivity index is 2.08. The van der Waals surface area contributed by atoms with Gasteiger partial charge in [0.25, 0.3) is 0 Å². The molecule has 0 atom stereocenters. The minimum absolute atomic E-state index is 0.230. The molecular formula is C11H20N2O3S. The summed E-state index contributed by atoms with van der Waals surface area (Å²) in [6.07, 6.45) is 9.37. The molecular weight excluding hydrogens is 240 g/mol. The van der Waals surface area contributed by atoms with Crippen LogP contribution in [0.2, 0.25) is 0 Å². The predicted octanol–water partition coefficient (Wildman–Crippen LogP) is 0.901. The van der Waals surface area contributed by atoms with E-state index < -0.39 is 10.1 Å². The van der Waals surface area contributed by atoms with Gasteiger partial charge in [0.2, 0.25) is 6.33 Å². The van der Waals surface area contributed by atoms with Gasteiger partial charge in [-0.1, -0.05) is 6.42 Å². The molecule has 0 spiro atoms. The molecule has 0 saturated carbocycles. The molecule has 0 aliphatic carbocycles. The van der Waals surface area contributed by atoms with Crippen molar-refractivity contribution in [3.8, 4) is 0 Å². The van der Waals surface area contributed by atoms with Crippen LogP contribution in [0.1, 0.15) is 32.6 Å². The molecule has 5 nitrogen and oxygen atoms in total. The van der Waals surface area contributed by atoms with Crippen LogP contribution in [0.15, 0.2) is 18.7 Å². The fourth-order valence-electron chi connectivity index (χ4n) is 1.68. The summed E-state index contributed by atoms with van der Waals surface area (Å²) in [7, 11) is -4.02. The van der Waals surface area contributed by atoms with Crippen LogP contribution in [0.4, 0.5) is 0 Å². The summed E-state index contributed by atoms with van der Waals surface area (Å²) in [5.41, 5.74) is 0. The van der Waals surface area contributed by atoms with E-state index in [0.717, 1.165) is 32.4 Å². The van der Waals surface area contributed by atoms with Gasteiger partial charge in [-0.05, 0) is 26.2 Å². The molecule has 98 valence electrons. The average molecular weight is 260 g/mol. The number of hydrogen-bond donors (Lipinski definition) is 0. The van der Waals surface area contributed by atoms with Crippen molar-refractivity contribution in [1.82, 2.24) is 4.57 Å². The molecule has 0 aromatic carbocycles. The lowest BCUT2D eigenvalue weighted by molar-refractivity contribution is -0.696. The molecule has 0 fully saturated rings. The maximum absolute atomic E-state index is 10.4. The molecule has 0 unspecified atom stereocenters. The third-order valence-corrected chi connectivity index (χ3v) is 3.46. The van der Waals surface area contributed by atoms with Crippen molar-refractivity contribution in [2.45, 2.75) is 45.7 Å². The third kappa shape index (κ3) is 6.43. The Morgan fingerprint density at radius 2 is 1.94 bits per heavy atom. The Hall–Kier alpha value is -0.880. The molecule has 1 rings (SSSR count). The van der Waals surface area contributed by atoms with Crippen molar-refractivity contribution < 1.29 is 17.5 Å². The first kappa shape index (κ1) is 14.2. The van der Waals surface area contributed by atoms with Crippen LogP contribution in [0.5, 0.6) is 0 Å². The van der Waals surface area contributed by atoms with E-state index in [9.17, 15) is 13.0 Å². The van der Waals surface area contributed by atoms with E-state index in [0.29, 0.717) is 6.42 Å². The van der Waals surface area contributed by atoms with Gasteiger partial charge in [-0.15, -0.1) is 0 Å². The van der Waals surface area contributed by atoms with Crippen LogP contribution in [-0.4, -0.2) is 23.3 Å². The molecule has 0 aliphatic rings. The number of nitrogens with zero attached hydrogens (tertiary/aromatic N) is 2. The zero-order valence-corrected chi connectivity index (χ0v) is 11.0. The highest BCUT2D eigenvalue weighted by Gasteiger charge is 2.01. The normalized spacial score (nSPS) is 11.9. The Morgan fingerprint density at radius 1 is 1.24 bits per heavy atom.